The van der Waals surface area contributed by atoms with Crippen molar-refractivity contribution in [2.24, 2.45) is 61.8 Å². The summed E-state index contributed by atoms with van der Waals surface area (Å²) in [5, 5.41) is 34.5. The SMILES string of the molecule is C=C(CO)[C@@H]1CC[C@]2(CO)CC[C@]3(C)[C@H](CC[C@@H]4[C@@]5(C)CC/C(=N\O)[C@@](C)(COC(C)=O)[C@@H]5CC[C@]43C)[C@@H]12. The predicted octanol–water partition coefficient (Wildman–Crippen LogP) is 5.98. The number of fused-ring (bicyclic) bond motifs is 7. The van der Waals surface area contributed by atoms with E-state index in [0.717, 1.165) is 75.5 Å². The topological polar surface area (TPSA) is 99.3 Å². The number of nitrogens with zero attached hydrogens (tertiary/aromatic N) is 1. The highest BCUT2D eigenvalue weighted by Crippen LogP contribution is 2.77. The zero-order valence-electron chi connectivity index (χ0n) is 24.4. The molecule has 38 heavy (non-hydrogen) atoms. The lowest BCUT2D eigenvalue weighted by atomic mass is 9.32. The summed E-state index contributed by atoms with van der Waals surface area (Å²) < 4.78 is 5.61. The monoisotopic (exact) mass is 529 g/mol. The molecule has 214 valence electrons. The number of carbonyl (C=O) groups is 1. The number of hydrogen-bond donors (Lipinski definition) is 3. The number of rotatable bonds is 5. The van der Waals surface area contributed by atoms with E-state index in [-0.39, 0.29) is 47.4 Å². The molecule has 0 aliphatic heterocycles. The number of aliphatic hydroxyl groups excluding tert-OH is 2. The van der Waals surface area contributed by atoms with E-state index in [1.807, 2.05) is 0 Å². The van der Waals surface area contributed by atoms with Crippen molar-refractivity contribution < 1.29 is 25.0 Å². The molecule has 0 aromatic carbocycles. The van der Waals surface area contributed by atoms with Gasteiger partial charge in [-0.25, -0.2) is 0 Å². The minimum Gasteiger partial charge on any atom is -0.465 e. The van der Waals surface area contributed by atoms with Gasteiger partial charge in [0.25, 0.3) is 0 Å². The Labute approximate surface area is 229 Å². The third-order valence-electron chi connectivity index (χ3n) is 13.9. The zero-order chi connectivity index (χ0) is 27.7. The first kappa shape index (κ1) is 28.1. The van der Waals surface area contributed by atoms with Crippen LogP contribution >= 0.6 is 0 Å². The summed E-state index contributed by atoms with van der Waals surface area (Å²) in [6.07, 6.45) is 10.5. The molecule has 5 rings (SSSR count). The van der Waals surface area contributed by atoms with Crippen LogP contribution in [0.25, 0.3) is 0 Å². The highest BCUT2D eigenvalue weighted by Gasteiger charge is 2.71. The van der Waals surface area contributed by atoms with Gasteiger partial charge in [0.2, 0.25) is 0 Å². The van der Waals surface area contributed by atoms with Gasteiger partial charge in [-0.15, -0.1) is 0 Å². The standard InChI is InChI=1S/C32H51NO5/c1-20(17-34)22-9-14-32(18-35)16-15-30(5)23(27(22)32)7-8-25-28(3)12-11-26(33-37)29(4,19-38-21(2)36)24(28)10-13-31(25,30)6/h22-25,27,34-35,37H,1,7-19H2,2-6H3/b33-26+/t22-,23+,24+,25+,27+,28-,29-,30+,31+,32+/m0/s1. The summed E-state index contributed by atoms with van der Waals surface area (Å²) in [4.78, 5) is 11.8. The fraction of sp³-hybridized carbons (Fsp3) is 0.875. The maximum absolute atomic E-state index is 11.8. The maximum Gasteiger partial charge on any atom is 0.302 e. The normalized spacial score (nSPS) is 50.9. The summed E-state index contributed by atoms with van der Waals surface area (Å²) >= 11 is 0. The molecule has 5 aliphatic carbocycles. The van der Waals surface area contributed by atoms with Crippen molar-refractivity contribution >= 4 is 11.7 Å². The molecule has 6 nitrogen and oxygen atoms in total. The van der Waals surface area contributed by atoms with Crippen LogP contribution in [0.4, 0.5) is 0 Å². The van der Waals surface area contributed by atoms with Crippen LogP contribution in [0.15, 0.2) is 17.3 Å². The fourth-order valence-corrected chi connectivity index (χ4v) is 11.8. The molecule has 0 bridgehead atoms. The minimum absolute atomic E-state index is 0.0306. The van der Waals surface area contributed by atoms with Crippen molar-refractivity contribution in [3.8, 4) is 0 Å². The Kier molecular flexibility index (Phi) is 6.91. The van der Waals surface area contributed by atoms with Crippen molar-refractivity contribution in [1.82, 2.24) is 0 Å². The van der Waals surface area contributed by atoms with Gasteiger partial charge >= 0.3 is 5.97 Å². The number of ether oxygens (including phenoxy) is 1. The van der Waals surface area contributed by atoms with Crippen molar-refractivity contribution in [2.45, 2.75) is 98.8 Å². The van der Waals surface area contributed by atoms with Gasteiger partial charge in [0.15, 0.2) is 0 Å². The molecule has 0 aromatic rings. The molecule has 0 spiro atoms. The van der Waals surface area contributed by atoms with Crippen LogP contribution in [0.2, 0.25) is 0 Å². The largest absolute Gasteiger partial charge is 0.465 e. The van der Waals surface area contributed by atoms with Gasteiger partial charge in [-0.1, -0.05) is 39.4 Å². The molecule has 0 heterocycles. The first-order valence-corrected chi connectivity index (χ1v) is 15.1. The molecular formula is C32H51NO5. The number of aliphatic hydroxyl groups is 2. The van der Waals surface area contributed by atoms with E-state index >= 15 is 0 Å². The lowest BCUT2D eigenvalue weighted by Gasteiger charge is -2.72. The zero-order valence-corrected chi connectivity index (χ0v) is 24.4. The van der Waals surface area contributed by atoms with Gasteiger partial charge < -0.3 is 20.2 Å². The second kappa shape index (κ2) is 9.33. The second-order valence-electron chi connectivity index (χ2n) is 14.9. The average molecular weight is 530 g/mol. The summed E-state index contributed by atoms with van der Waals surface area (Å²) in [5.74, 6) is 1.76. The number of carbonyl (C=O) groups excluding carboxylic acids is 1. The molecule has 6 heteroatoms. The summed E-state index contributed by atoms with van der Waals surface area (Å²) in [6.45, 7) is 16.1. The Bertz CT molecular complexity index is 1010. The molecule has 0 amide bonds. The molecule has 10 atom stereocenters. The van der Waals surface area contributed by atoms with Gasteiger partial charge in [0.1, 0.15) is 6.61 Å². The molecule has 0 saturated heterocycles. The van der Waals surface area contributed by atoms with Crippen LogP contribution in [0.1, 0.15) is 98.8 Å². The highest BCUT2D eigenvalue weighted by atomic mass is 16.5. The Morgan fingerprint density at radius 2 is 1.71 bits per heavy atom. The fourth-order valence-electron chi connectivity index (χ4n) is 11.8. The number of esters is 1. The smallest absolute Gasteiger partial charge is 0.302 e. The second-order valence-corrected chi connectivity index (χ2v) is 14.9. The molecule has 5 aliphatic rings. The first-order chi connectivity index (χ1) is 17.9. The van der Waals surface area contributed by atoms with Gasteiger partial charge in [0, 0.05) is 18.9 Å². The minimum atomic E-state index is -0.458. The average Bonchev–Trinajstić information content (AvgIpc) is 3.28. The van der Waals surface area contributed by atoms with Gasteiger partial charge in [-0.2, -0.15) is 0 Å². The van der Waals surface area contributed by atoms with E-state index in [1.54, 1.807) is 0 Å². The Morgan fingerprint density at radius 3 is 2.34 bits per heavy atom. The molecule has 3 N–H and O–H groups in total. The maximum atomic E-state index is 11.8. The van der Waals surface area contributed by atoms with Crippen LogP contribution in [0.5, 0.6) is 0 Å². The van der Waals surface area contributed by atoms with Crippen molar-refractivity contribution in [3.05, 3.63) is 12.2 Å². The molecule has 0 unspecified atom stereocenters. The van der Waals surface area contributed by atoms with Crippen LogP contribution in [0.3, 0.4) is 0 Å². The molecular weight excluding hydrogens is 478 g/mol. The van der Waals surface area contributed by atoms with Crippen LogP contribution in [0, 0.1) is 56.7 Å². The van der Waals surface area contributed by atoms with Gasteiger partial charge in [0.05, 0.1) is 12.3 Å². The van der Waals surface area contributed by atoms with E-state index in [9.17, 15) is 20.2 Å². The number of hydrogen-bond acceptors (Lipinski definition) is 6. The third-order valence-corrected chi connectivity index (χ3v) is 13.9. The predicted molar refractivity (Wildman–Crippen MR) is 148 cm³/mol. The molecule has 0 radical (unpaired) electrons. The van der Waals surface area contributed by atoms with E-state index in [0.29, 0.717) is 29.6 Å². The van der Waals surface area contributed by atoms with Gasteiger partial charge in [-0.3, -0.25) is 4.79 Å². The Hall–Kier alpha value is -1.40. The highest BCUT2D eigenvalue weighted by molar-refractivity contribution is 5.91. The lowest BCUT2D eigenvalue weighted by molar-refractivity contribution is -0.233. The summed E-state index contributed by atoms with van der Waals surface area (Å²) in [6, 6.07) is 0. The van der Waals surface area contributed by atoms with Crippen LogP contribution in [-0.2, 0) is 9.53 Å². The molecule has 5 fully saturated rings. The first-order valence-electron chi connectivity index (χ1n) is 15.1. The molecule has 0 aromatic heterocycles. The van der Waals surface area contributed by atoms with E-state index in [2.05, 4.69) is 39.4 Å². The Morgan fingerprint density at radius 1 is 0.974 bits per heavy atom. The lowest BCUT2D eigenvalue weighted by Crippen LogP contribution is -2.67. The quantitative estimate of drug-likeness (QED) is 0.176. The van der Waals surface area contributed by atoms with Crippen molar-refractivity contribution in [1.29, 1.82) is 0 Å². The molecule has 5 saturated carbocycles. The Balaban J connectivity index is 1.52. The van der Waals surface area contributed by atoms with E-state index in [4.69, 9.17) is 4.74 Å². The van der Waals surface area contributed by atoms with E-state index < -0.39 is 5.41 Å². The van der Waals surface area contributed by atoms with Gasteiger partial charge in [-0.05, 0) is 121 Å². The van der Waals surface area contributed by atoms with Crippen LogP contribution in [-0.4, -0.2) is 46.9 Å². The third kappa shape index (κ3) is 3.57. The summed E-state index contributed by atoms with van der Waals surface area (Å²) in [7, 11) is 0. The van der Waals surface area contributed by atoms with Crippen LogP contribution < -0.4 is 0 Å². The number of oxime groups is 1. The van der Waals surface area contributed by atoms with Crippen molar-refractivity contribution in [3.63, 3.8) is 0 Å². The van der Waals surface area contributed by atoms with Crippen molar-refractivity contribution in [2.75, 3.05) is 19.8 Å². The summed E-state index contributed by atoms with van der Waals surface area (Å²) in [5.41, 5.74) is 1.64. The van der Waals surface area contributed by atoms with E-state index in [1.165, 1.54) is 6.92 Å².